The minimum Gasteiger partial charge on any atom is -0.347 e. The molecule has 2 aromatic rings. The van der Waals surface area contributed by atoms with Crippen LogP contribution in [0.5, 0.6) is 0 Å². The van der Waals surface area contributed by atoms with Crippen molar-refractivity contribution in [3.8, 4) is 0 Å². The molecule has 2 aromatic carbocycles. The zero-order chi connectivity index (χ0) is 17.0. The van der Waals surface area contributed by atoms with Gasteiger partial charge in [-0.25, -0.2) is 8.42 Å². The molecule has 5 nitrogen and oxygen atoms in total. The van der Waals surface area contributed by atoms with Crippen molar-refractivity contribution in [2.45, 2.75) is 4.90 Å². The van der Waals surface area contributed by atoms with Gasteiger partial charge in [-0.2, -0.15) is 0 Å². The van der Waals surface area contributed by atoms with Crippen molar-refractivity contribution < 1.29 is 13.2 Å². The molecule has 0 fully saturated rings. The molecule has 0 saturated carbocycles. The second kappa shape index (κ2) is 7.02. The summed E-state index contributed by atoms with van der Waals surface area (Å²) in [6.45, 7) is -0.286. The van der Waals surface area contributed by atoms with E-state index in [1.165, 1.54) is 17.0 Å². The molecule has 0 bridgehead atoms. The standard InChI is InChI=1S/C16H17ClN2O3S/c1-18(2)16(20)12-19(14-10-8-13(17)9-11-14)23(21,22)15-6-4-3-5-7-15/h3-11H,12H2,1-2H3. The molecule has 7 heteroatoms. The van der Waals surface area contributed by atoms with E-state index < -0.39 is 10.0 Å². The van der Waals surface area contributed by atoms with Crippen LogP contribution in [0.4, 0.5) is 5.69 Å². The van der Waals surface area contributed by atoms with Crippen LogP contribution in [0.25, 0.3) is 0 Å². The lowest BCUT2D eigenvalue weighted by Crippen LogP contribution is -2.40. The van der Waals surface area contributed by atoms with Crippen molar-refractivity contribution in [3.05, 3.63) is 59.6 Å². The summed E-state index contributed by atoms with van der Waals surface area (Å²) < 4.78 is 26.9. The molecule has 0 spiro atoms. The Morgan fingerprint density at radius 2 is 1.57 bits per heavy atom. The smallest absolute Gasteiger partial charge is 0.264 e. The molecule has 0 aliphatic heterocycles. The van der Waals surface area contributed by atoms with Gasteiger partial charge in [-0.05, 0) is 36.4 Å². The van der Waals surface area contributed by atoms with Gasteiger partial charge < -0.3 is 4.90 Å². The monoisotopic (exact) mass is 352 g/mol. The van der Waals surface area contributed by atoms with E-state index in [0.717, 1.165) is 4.31 Å². The summed E-state index contributed by atoms with van der Waals surface area (Å²) in [7, 11) is -0.691. The van der Waals surface area contributed by atoms with Gasteiger partial charge in [0.05, 0.1) is 10.6 Å². The zero-order valence-corrected chi connectivity index (χ0v) is 14.4. The van der Waals surface area contributed by atoms with Crippen LogP contribution in [0.15, 0.2) is 59.5 Å². The maximum atomic E-state index is 12.9. The molecule has 2 rings (SSSR count). The normalized spacial score (nSPS) is 11.1. The van der Waals surface area contributed by atoms with Crippen LogP contribution in [0, 0.1) is 0 Å². The number of carbonyl (C=O) groups excluding carboxylic acids is 1. The van der Waals surface area contributed by atoms with Crippen LogP contribution in [0.1, 0.15) is 0 Å². The average Bonchev–Trinajstić information content (AvgIpc) is 2.54. The number of amides is 1. The number of halogens is 1. The summed E-state index contributed by atoms with van der Waals surface area (Å²) in [4.78, 5) is 13.5. The first-order valence-electron chi connectivity index (χ1n) is 6.86. The Morgan fingerprint density at radius 3 is 2.09 bits per heavy atom. The molecular weight excluding hydrogens is 336 g/mol. The van der Waals surface area contributed by atoms with Gasteiger partial charge in [0.15, 0.2) is 0 Å². The number of hydrogen-bond acceptors (Lipinski definition) is 3. The lowest BCUT2D eigenvalue weighted by atomic mass is 10.3. The van der Waals surface area contributed by atoms with Crippen molar-refractivity contribution in [1.82, 2.24) is 4.90 Å². The number of hydrogen-bond donors (Lipinski definition) is 0. The first-order valence-corrected chi connectivity index (χ1v) is 8.67. The molecule has 122 valence electrons. The number of anilines is 1. The van der Waals surface area contributed by atoms with E-state index in [1.807, 2.05) is 0 Å². The number of carbonyl (C=O) groups is 1. The number of nitrogens with zero attached hydrogens (tertiary/aromatic N) is 2. The van der Waals surface area contributed by atoms with Crippen molar-refractivity contribution >= 4 is 33.2 Å². The van der Waals surface area contributed by atoms with E-state index in [1.54, 1.807) is 56.6 Å². The maximum Gasteiger partial charge on any atom is 0.264 e. The fourth-order valence-electron chi connectivity index (χ4n) is 1.91. The van der Waals surface area contributed by atoms with Gasteiger partial charge in [0.25, 0.3) is 10.0 Å². The Hall–Kier alpha value is -2.05. The highest BCUT2D eigenvalue weighted by atomic mass is 35.5. The first-order chi connectivity index (χ1) is 10.8. The van der Waals surface area contributed by atoms with Gasteiger partial charge in [0, 0.05) is 19.1 Å². The molecule has 1 amide bonds. The molecule has 0 unspecified atom stereocenters. The Morgan fingerprint density at radius 1 is 1.00 bits per heavy atom. The molecule has 0 N–H and O–H groups in total. The van der Waals surface area contributed by atoms with Crippen LogP contribution in [0.2, 0.25) is 5.02 Å². The van der Waals surface area contributed by atoms with Gasteiger partial charge in [-0.3, -0.25) is 9.10 Å². The van der Waals surface area contributed by atoms with Crippen LogP contribution >= 0.6 is 11.6 Å². The third-order valence-electron chi connectivity index (χ3n) is 3.22. The molecule has 23 heavy (non-hydrogen) atoms. The van der Waals surface area contributed by atoms with Crippen LogP contribution in [0.3, 0.4) is 0 Å². The van der Waals surface area contributed by atoms with Gasteiger partial charge in [-0.1, -0.05) is 29.8 Å². The number of rotatable bonds is 5. The molecular formula is C16H17ClN2O3S. The molecule has 0 saturated heterocycles. The Kier molecular flexibility index (Phi) is 5.28. The predicted octanol–water partition coefficient (Wildman–Crippen LogP) is 2.62. The van der Waals surface area contributed by atoms with E-state index in [4.69, 9.17) is 11.6 Å². The van der Waals surface area contributed by atoms with Gasteiger partial charge in [0.1, 0.15) is 6.54 Å². The van der Waals surface area contributed by atoms with E-state index >= 15 is 0 Å². The quantitative estimate of drug-likeness (QED) is 0.831. The summed E-state index contributed by atoms with van der Waals surface area (Å²) in [5.41, 5.74) is 0.383. The lowest BCUT2D eigenvalue weighted by Gasteiger charge is -2.25. The molecule has 0 aromatic heterocycles. The third kappa shape index (κ3) is 4.03. The minimum absolute atomic E-state index is 0.126. The van der Waals surface area contributed by atoms with E-state index in [9.17, 15) is 13.2 Å². The maximum absolute atomic E-state index is 12.9. The van der Waals surface area contributed by atoms with Gasteiger partial charge >= 0.3 is 0 Å². The number of sulfonamides is 1. The highest BCUT2D eigenvalue weighted by molar-refractivity contribution is 7.92. The number of benzene rings is 2. The Labute approximate surface area is 141 Å². The molecule has 0 atom stereocenters. The van der Waals surface area contributed by atoms with Crippen molar-refractivity contribution in [2.75, 3.05) is 24.9 Å². The summed E-state index contributed by atoms with van der Waals surface area (Å²) >= 11 is 5.86. The second-order valence-corrected chi connectivity index (χ2v) is 7.39. The van der Waals surface area contributed by atoms with Gasteiger partial charge in [-0.15, -0.1) is 0 Å². The van der Waals surface area contributed by atoms with Crippen LogP contribution in [-0.4, -0.2) is 39.9 Å². The topological polar surface area (TPSA) is 57.7 Å². The Balaban J connectivity index is 2.49. The minimum atomic E-state index is -3.85. The zero-order valence-electron chi connectivity index (χ0n) is 12.8. The SMILES string of the molecule is CN(C)C(=O)CN(c1ccc(Cl)cc1)S(=O)(=O)c1ccccc1. The highest BCUT2D eigenvalue weighted by Crippen LogP contribution is 2.25. The van der Waals surface area contributed by atoms with Crippen molar-refractivity contribution in [3.63, 3.8) is 0 Å². The summed E-state index contributed by atoms with van der Waals surface area (Å²) in [6.07, 6.45) is 0. The van der Waals surface area contributed by atoms with Crippen LogP contribution < -0.4 is 4.31 Å². The second-order valence-electron chi connectivity index (χ2n) is 5.09. The van der Waals surface area contributed by atoms with Crippen molar-refractivity contribution in [1.29, 1.82) is 0 Å². The van der Waals surface area contributed by atoms with Gasteiger partial charge in [0.2, 0.25) is 5.91 Å². The largest absolute Gasteiger partial charge is 0.347 e. The molecule has 0 heterocycles. The Bertz CT molecular complexity index is 775. The molecule has 0 aliphatic rings. The van der Waals surface area contributed by atoms with Crippen LogP contribution in [-0.2, 0) is 14.8 Å². The predicted molar refractivity (Wildman–Crippen MR) is 91.1 cm³/mol. The first kappa shape index (κ1) is 17.3. The summed E-state index contributed by atoms with van der Waals surface area (Å²) in [5.74, 6) is -0.320. The lowest BCUT2D eigenvalue weighted by molar-refractivity contribution is -0.127. The number of likely N-dealkylation sites (N-methyl/N-ethyl adjacent to an activating group) is 1. The van der Waals surface area contributed by atoms with E-state index in [2.05, 4.69) is 0 Å². The fraction of sp³-hybridized carbons (Fsp3) is 0.188. The van der Waals surface area contributed by atoms with E-state index in [0.29, 0.717) is 10.7 Å². The summed E-state index contributed by atoms with van der Waals surface area (Å²) in [6, 6.07) is 14.3. The summed E-state index contributed by atoms with van der Waals surface area (Å²) in [5, 5.41) is 0.491. The molecule has 0 radical (unpaired) electrons. The molecule has 0 aliphatic carbocycles. The van der Waals surface area contributed by atoms with E-state index in [-0.39, 0.29) is 17.3 Å². The third-order valence-corrected chi connectivity index (χ3v) is 5.26. The van der Waals surface area contributed by atoms with Crippen molar-refractivity contribution in [2.24, 2.45) is 0 Å². The highest BCUT2D eigenvalue weighted by Gasteiger charge is 2.27. The fourth-order valence-corrected chi connectivity index (χ4v) is 3.47. The average molecular weight is 353 g/mol.